The van der Waals surface area contributed by atoms with Crippen LogP contribution in [-0.4, -0.2) is 50.2 Å². The Hall–Kier alpha value is -2.77. The van der Waals surface area contributed by atoms with E-state index in [1.54, 1.807) is 47.2 Å². The van der Waals surface area contributed by atoms with E-state index in [2.05, 4.69) is 15.4 Å². The first-order valence-corrected chi connectivity index (χ1v) is 8.55. The van der Waals surface area contributed by atoms with Gasteiger partial charge in [-0.25, -0.2) is 4.39 Å². The van der Waals surface area contributed by atoms with Crippen LogP contribution in [0.2, 0.25) is 0 Å². The molecule has 0 saturated carbocycles. The van der Waals surface area contributed by atoms with Crippen molar-refractivity contribution in [3.63, 3.8) is 0 Å². The van der Waals surface area contributed by atoms with Crippen LogP contribution < -0.4 is 5.32 Å². The van der Waals surface area contributed by atoms with Crippen LogP contribution >= 0.6 is 0 Å². The van der Waals surface area contributed by atoms with Crippen molar-refractivity contribution in [3.8, 4) is 0 Å². The van der Waals surface area contributed by atoms with Gasteiger partial charge < -0.3 is 10.2 Å². The van der Waals surface area contributed by atoms with Gasteiger partial charge in [0.25, 0.3) is 11.8 Å². The lowest BCUT2D eigenvalue weighted by molar-refractivity contribution is -0.135. The van der Waals surface area contributed by atoms with E-state index in [9.17, 15) is 14.0 Å². The summed E-state index contributed by atoms with van der Waals surface area (Å²) >= 11 is 0. The average Bonchev–Trinajstić information content (AvgIpc) is 2.99. The van der Waals surface area contributed by atoms with Crippen molar-refractivity contribution in [2.24, 2.45) is 7.05 Å². The number of hydrogen-bond donors (Lipinski definition) is 1. The summed E-state index contributed by atoms with van der Waals surface area (Å²) in [6.07, 6.45) is 3.20. The minimum Gasteiger partial charge on any atom is -0.349 e. The molecule has 26 heavy (non-hydrogen) atoms. The molecule has 0 aliphatic carbocycles. The molecule has 0 spiro atoms. The molecule has 2 amide bonds. The highest BCUT2D eigenvalue weighted by Crippen LogP contribution is 2.27. The van der Waals surface area contributed by atoms with Crippen molar-refractivity contribution < 1.29 is 14.0 Å². The number of piperidine rings is 1. The maximum atomic E-state index is 15.0. The lowest BCUT2D eigenvalue weighted by atomic mass is 9.92. The van der Waals surface area contributed by atoms with E-state index >= 15 is 0 Å². The molecule has 1 saturated heterocycles. The second-order valence-electron chi connectivity index (χ2n) is 6.59. The third-order valence-electron chi connectivity index (χ3n) is 4.79. The third-order valence-corrected chi connectivity index (χ3v) is 4.79. The molecule has 0 bridgehead atoms. The highest BCUT2D eigenvalue weighted by atomic mass is 19.1. The second-order valence-corrected chi connectivity index (χ2v) is 6.59. The molecule has 7 nitrogen and oxygen atoms in total. The molecule has 8 heteroatoms. The number of pyridine rings is 1. The topological polar surface area (TPSA) is 80.1 Å². The van der Waals surface area contributed by atoms with Crippen molar-refractivity contribution >= 4 is 11.8 Å². The zero-order valence-electron chi connectivity index (χ0n) is 14.9. The van der Waals surface area contributed by atoms with Gasteiger partial charge in [-0.05, 0) is 30.7 Å². The number of nitrogens with zero attached hydrogens (tertiary/aromatic N) is 4. The fourth-order valence-corrected chi connectivity index (χ4v) is 2.96. The fourth-order valence-electron chi connectivity index (χ4n) is 2.96. The first-order chi connectivity index (χ1) is 12.4. The molecule has 3 rings (SSSR count). The summed E-state index contributed by atoms with van der Waals surface area (Å²) in [6.45, 7) is 2.49. The summed E-state index contributed by atoms with van der Waals surface area (Å²) in [5, 5.41) is 6.80. The van der Waals surface area contributed by atoms with Crippen molar-refractivity contribution in [2.75, 3.05) is 13.1 Å². The summed E-state index contributed by atoms with van der Waals surface area (Å²) in [5.41, 5.74) is 0.124. The molecule has 0 unspecified atom stereocenters. The van der Waals surface area contributed by atoms with Crippen LogP contribution in [0.5, 0.6) is 0 Å². The van der Waals surface area contributed by atoms with Crippen LogP contribution in [0.25, 0.3) is 0 Å². The van der Waals surface area contributed by atoms with Gasteiger partial charge in [0, 0.05) is 57.6 Å². The predicted molar refractivity (Wildman–Crippen MR) is 93.0 cm³/mol. The van der Waals surface area contributed by atoms with Crippen LogP contribution in [-0.2, 0) is 18.4 Å². The number of carbonyl (C=O) groups is 2. The molecule has 1 aliphatic heterocycles. The number of aryl methyl sites for hydroxylation is 2. The standard InChI is InChI=1S/C18H22FN5O2/c1-13-11-15(22-23(13)2)16(25)24-9-5-18(19,6-10-24)17(26)21-12-14-3-7-20-8-4-14/h3-4,7-8,11H,5-6,9-10,12H2,1-2H3,(H,21,26). The maximum Gasteiger partial charge on any atom is 0.274 e. The van der Waals surface area contributed by atoms with E-state index in [1.165, 1.54) is 0 Å². The fraction of sp³-hybridized carbons (Fsp3) is 0.444. The quantitative estimate of drug-likeness (QED) is 0.894. The normalized spacial score (nSPS) is 16.3. The average molecular weight is 359 g/mol. The Morgan fingerprint density at radius 2 is 1.92 bits per heavy atom. The number of nitrogens with one attached hydrogen (secondary N) is 1. The molecule has 2 aromatic rings. The van der Waals surface area contributed by atoms with Gasteiger partial charge in [0.2, 0.25) is 0 Å². The predicted octanol–water partition coefficient (Wildman–Crippen LogP) is 1.38. The monoisotopic (exact) mass is 359 g/mol. The Labute approximate surface area is 151 Å². The molecule has 1 aliphatic rings. The molecular formula is C18H22FN5O2. The number of hydrogen-bond acceptors (Lipinski definition) is 4. The molecule has 0 radical (unpaired) electrons. The van der Waals surface area contributed by atoms with E-state index in [4.69, 9.17) is 0 Å². The van der Waals surface area contributed by atoms with E-state index in [-0.39, 0.29) is 38.4 Å². The summed E-state index contributed by atoms with van der Waals surface area (Å²) in [5.74, 6) is -0.858. The smallest absolute Gasteiger partial charge is 0.274 e. The number of carbonyl (C=O) groups excluding carboxylic acids is 2. The van der Waals surface area contributed by atoms with Gasteiger partial charge in [-0.1, -0.05) is 0 Å². The Morgan fingerprint density at radius 3 is 2.50 bits per heavy atom. The number of rotatable bonds is 4. The first kappa shape index (κ1) is 18.0. The minimum atomic E-state index is -1.95. The van der Waals surface area contributed by atoms with Gasteiger partial charge in [0.05, 0.1) is 0 Å². The Bertz CT molecular complexity index is 778. The molecule has 1 N–H and O–H groups in total. The van der Waals surface area contributed by atoms with Crippen molar-refractivity contribution in [1.82, 2.24) is 25.0 Å². The van der Waals surface area contributed by atoms with E-state index in [0.29, 0.717) is 5.69 Å². The van der Waals surface area contributed by atoms with Crippen molar-refractivity contribution in [1.29, 1.82) is 0 Å². The second kappa shape index (κ2) is 7.23. The van der Waals surface area contributed by atoms with Crippen LogP contribution in [0.3, 0.4) is 0 Å². The highest BCUT2D eigenvalue weighted by molar-refractivity contribution is 5.93. The lowest BCUT2D eigenvalue weighted by Gasteiger charge is -2.35. The van der Waals surface area contributed by atoms with E-state index in [0.717, 1.165) is 11.3 Å². The Morgan fingerprint density at radius 1 is 1.27 bits per heavy atom. The van der Waals surface area contributed by atoms with Gasteiger partial charge in [-0.2, -0.15) is 5.10 Å². The van der Waals surface area contributed by atoms with Crippen molar-refractivity contribution in [3.05, 3.63) is 47.5 Å². The zero-order chi connectivity index (χ0) is 18.7. The van der Waals surface area contributed by atoms with Gasteiger partial charge in [-0.3, -0.25) is 19.3 Å². The molecular weight excluding hydrogens is 337 g/mol. The number of aromatic nitrogens is 3. The van der Waals surface area contributed by atoms with Gasteiger partial charge in [-0.15, -0.1) is 0 Å². The van der Waals surface area contributed by atoms with Gasteiger partial charge in [0.15, 0.2) is 11.4 Å². The summed E-state index contributed by atoms with van der Waals surface area (Å²) < 4.78 is 16.6. The van der Waals surface area contributed by atoms with Crippen LogP contribution in [0, 0.1) is 6.92 Å². The van der Waals surface area contributed by atoms with Crippen molar-refractivity contribution in [2.45, 2.75) is 32.0 Å². The Balaban J connectivity index is 1.56. The maximum absolute atomic E-state index is 15.0. The molecule has 0 atom stereocenters. The summed E-state index contributed by atoms with van der Waals surface area (Å²) in [6, 6.07) is 5.24. The van der Waals surface area contributed by atoms with Crippen LogP contribution in [0.4, 0.5) is 4.39 Å². The highest BCUT2D eigenvalue weighted by Gasteiger charge is 2.42. The third kappa shape index (κ3) is 3.74. The number of alkyl halides is 1. The lowest BCUT2D eigenvalue weighted by Crippen LogP contribution is -2.52. The van der Waals surface area contributed by atoms with Gasteiger partial charge >= 0.3 is 0 Å². The summed E-state index contributed by atoms with van der Waals surface area (Å²) in [4.78, 5) is 30.2. The SMILES string of the molecule is Cc1cc(C(=O)N2CCC(F)(C(=O)NCc3ccncc3)CC2)nn1C. The first-order valence-electron chi connectivity index (χ1n) is 8.55. The zero-order valence-corrected chi connectivity index (χ0v) is 14.9. The minimum absolute atomic E-state index is 0.0211. The molecule has 138 valence electrons. The van der Waals surface area contributed by atoms with E-state index < -0.39 is 11.6 Å². The van der Waals surface area contributed by atoms with Crippen LogP contribution in [0.15, 0.2) is 30.6 Å². The summed E-state index contributed by atoms with van der Waals surface area (Å²) in [7, 11) is 1.77. The van der Waals surface area contributed by atoms with E-state index in [1.807, 2.05) is 6.92 Å². The molecule has 2 aromatic heterocycles. The van der Waals surface area contributed by atoms with Gasteiger partial charge in [0.1, 0.15) is 0 Å². The Kier molecular flexibility index (Phi) is 5.01. The number of likely N-dealkylation sites (tertiary alicyclic amines) is 1. The molecule has 3 heterocycles. The number of halogens is 1. The van der Waals surface area contributed by atoms with Crippen LogP contribution in [0.1, 0.15) is 34.6 Å². The number of amides is 2. The molecule has 1 fully saturated rings. The largest absolute Gasteiger partial charge is 0.349 e. The molecule has 0 aromatic carbocycles.